The van der Waals surface area contributed by atoms with Crippen LogP contribution in [0.5, 0.6) is 0 Å². The molecule has 1 heterocycles. The van der Waals surface area contributed by atoms with Crippen molar-refractivity contribution in [2.45, 2.75) is 53.9 Å². The molecule has 0 bridgehead atoms. The molecule has 0 spiro atoms. The van der Waals surface area contributed by atoms with Crippen molar-refractivity contribution in [3.05, 3.63) is 74.8 Å². The Kier molecular flexibility index (Phi) is 7.19. The molecule has 168 valence electrons. The van der Waals surface area contributed by atoms with Gasteiger partial charge in [0.1, 0.15) is 5.82 Å². The lowest BCUT2D eigenvalue weighted by Gasteiger charge is -2.24. The van der Waals surface area contributed by atoms with E-state index in [-0.39, 0.29) is 17.4 Å². The summed E-state index contributed by atoms with van der Waals surface area (Å²) in [6.07, 6.45) is 2.88. The highest BCUT2D eigenvalue weighted by Gasteiger charge is 2.20. The van der Waals surface area contributed by atoms with Crippen LogP contribution in [0, 0.1) is 6.92 Å². The predicted molar refractivity (Wildman–Crippen MR) is 133 cm³/mol. The van der Waals surface area contributed by atoms with Crippen molar-refractivity contribution in [1.82, 2.24) is 9.55 Å². The first-order chi connectivity index (χ1) is 15.1. The molecular formula is C26H30ClN3O2. The molecule has 6 heteroatoms. The average Bonchev–Trinajstić information content (AvgIpc) is 2.72. The quantitative estimate of drug-likeness (QED) is 0.420. The number of rotatable bonds is 6. The molecule has 2 aromatic carbocycles. The molecule has 32 heavy (non-hydrogen) atoms. The number of amides is 1. The Balaban J connectivity index is 2.22. The summed E-state index contributed by atoms with van der Waals surface area (Å²) in [6.45, 7) is 12.2. The average molecular weight is 452 g/mol. The second kappa shape index (κ2) is 9.70. The monoisotopic (exact) mass is 451 g/mol. The van der Waals surface area contributed by atoms with Crippen LogP contribution in [-0.4, -0.2) is 22.0 Å². The Morgan fingerprint density at radius 3 is 2.34 bits per heavy atom. The normalized spacial score (nSPS) is 11.1. The molecule has 0 aliphatic carbocycles. The van der Waals surface area contributed by atoms with Crippen molar-refractivity contribution in [3.63, 3.8) is 0 Å². The maximum atomic E-state index is 13.6. The van der Waals surface area contributed by atoms with Gasteiger partial charge < -0.3 is 4.90 Å². The fraction of sp³-hybridized carbons (Fsp3) is 0.346. The van der Waals surface area contributed by atoms with Crippen LogP contribution in [0.1, 0.15) is 58.3 Å². The fourth-order valence-electron chi connectivity index (χ4n) is 3.84. The van der Waals surface area contributed by atoms with Gasteiger partial charge in [0, 0.05) is 30.1 Å². The van der Waals surface area contributed by atoms with Crippen LogP contribution in [-0.2, 0) is 4.79 Å². The lowest BCUT2D eigenvalue weighted by atomic mass is 10.1. The van der Waals surface area contributed by atoms with Crippen LogP contribution < -0.4 is 10.5 Å². The third-order valence-corrected chi connectivity index (χ3v) is 5.72. The molecule has 0 aliphatic heterocycles. The van der Waals surface area contributed by atoms with Gasteiger partial charge in [-0.3, -0.25) is 14.2 Å². The summed E-state index contributed by atoms with van der Waals surface area (Å²) in [6, 6.07) is 10.8. The molecule has 0 saturated carbocycles. The van der Waals surface area contributed by atoms with Gasteiger partial charge >= 0.3 is 0 Å². The van der Waals surface area contributed by atoms with Crippen LogP contribution in [0.15, 0.2) is 52.8 Å². The summed E-state index contributed by atoms with van der Waals surface area (Å²) in [5, 5.41) is 1.14. The van der Waals surface area contributed by atoms with E-state index in [0.29, 0.717) is 28.3 Å². The molecule has 0 radical (unpaired) electrons. The number of aryl methyl sites for hydroxylation is 1. The smallest absolute Gasteiger partial charge is 0.265 e. The van der Waals surface area contributed by atoms with E-state index in [4.69, 9.17) is 16.6 Å². The zero-order valence-corrected chi connectivity index (χ0v) is 20.3. The number of anilines is 1. The van der Waals surface area contributed by atoms with Crippen molar-refractivity contribution in [1.29, 1.82) is 0 Å². The molecule has 0 fully saturated rings. The molecular weight excluding hydrogens is 422 g/mol. The van der Waals surface area contributed by atoms with Gasteiger partial charge in [0.15, 0.2) is 0 Å². The molecule has 3 aromatic rings. The zero-order chi connectivity index (χ0) is 23.6. The first-order valence-corrected chi connectivity index (χ1v) is 11.2. The molecule has 0 N–H and O–H groups in total. The number of halogens is 1. The molecule has 0 saturated heterocycles. The highest BCUT2D eigenvalue weighted by Crippen LogP contribution is 2.28. The van der Waals surface area contributed by atoms with Gasteiger partial charge in [-0.25, -0.2) is 4.98 Å². The van der Waals surface area contributed by atoms with Crippen LogP contribution in [0.2, 0.25) is 5.02 Å². The predicted octanol–water partition coefficient (Wildman–Crippen LogP) is 6.18. The van der Waals surface area contributed by atoms with Gasteiger partial charge in [-0.1, -0.05) is 37.1 Å². The second-order valence-electron chi connectivity index (χ2n) is 8.59. The molecule has 3 rings (SSSR count). The lowest BCUT2D eigenvalue weighted by Crippen LogP contribution is -2.30. The number of benzene rings is 2. The summed E-state index contributed by atoms with van der Waals surface area (Å²) in [5.74, 6) is 0.657. The van der Waals surface area contributed by atoms with Crippen LogP contribution in [0.3, 0.4) is 0 Å². The van der Waals surface area contributed by atoms with Crippen LogP contribution >= 0.6 is 11.6 Å². The molecule has 5 nitrogen and oxygen atoms in total. The first kappa shape index (κ1) is 23.7. The van der Waals surface area contributed by atoms with Crippen molar-refractivity contribution >= 4 is 34.1 Å². The highest BCUT2D eigenvalue weighted by atomic mass is 35.5. The number of hydrogen-bond acceptors (Lipinski definition) is 3. The SMILES string of the molecule is CC(=O)N(CCC=C(C)C)c1ccc2c(=O)n(-c3ccc(Cl)cc3)c(C(C)C)nc2c1C. The highest BCUT2D eigenvalue weighted by molar-refractivity contribution is 6.30. The minimum absolute atomic E-state index is 0.0208. The molecule has 0 aliphatic rings. The number of fused-ring (bicyclic) bond motifs is 1. The Morgan fingerprint density at radius 2 is 1.78 bits per heavy atom. The summed E-state index contributed by atoms with van der Waals surface area (Å²) >= 11 is 6.04. The topological polar surface area (TPSA) is 55.2 Å². The van der Waals surface area contributed by atoms with E-state index in [0.717, 1.165) is 23.4 Å². The van der Waals surface area contributed by atoms with Crippen molar-refractivity contribution < 1.29 is 4.79 Å². The number of hydrogen-bond donors (Lipinski definition) is 0. The van der Waals surface area contributed by atoms with Crippen molar-refractivity contribution in [3.8, 4) is 5.69 Å². The van der Waals surface area contributed by atoms with Gasteiger partial charge in [-0.05, 0) is 69.2 Å². The Hall–Kier alpha value is -2.92. The summed E-state index contributed by atoms with van der Waals surface area (Å²) < 4.78 is 1.65. The van der Waals surface area contributed by atoms with Gasteiger partial charge in [-0.2, -0.15) is 0 Å². The van der Waals surface area contributed by atoms with Crippen molar-refractivity contribution in [2.24, 2.45) is 0 Å². The Bertz CT molecular complexity index is 1240. The van der Waals surface area contributed by atoms with Gasteiger partial charge in [-0.15, -0.1) is 0 Å². The van der Waals surface area contributed by atoms with Gasteiger partial charge in [0.05, 0.1) is 16.6 Å². The van der Waals surface area contributed by atoms with Gasteiger partial charge in [0.2, 0.25) is 5.91 Å². The largest absolute Gasteiger partial charge is 0.312 e. The minimum Gasteiger partial charge on any atom is -0.312 e. The van der Waals surface area contributed by atoms with E-state index in [9.17, 15) is 9.59 Å². The summed E-state index contributed by atoms with van der Waals surface area (Å²) in [4.78, 5) is 32.7. The Labute approximate surface area is 194 Å². The number of aromatic nitrogens is 2. The lowest BCUT2D eigenvalue weighted by molar-refractivity contribution is -0.116. The van der Waals surface area contributed by atoms with E-state index in [2.05, 4.69) is 6.08 Å². The Morgan fingerprint density at radius 1 is 1.12 bits per heavy atom. The zero-order valence-electron chi connectivity index (χ0n) is 19.6. The standard InChI is InChI=1S/C26H30ClN3O2/c1-16(2)8-7-15-29(19(6)31)23-14-13-22-24(18(23)5)28-25(17(3)4)30(26(22)32)21-11-9-20(27)10-12-21/h8-14,17H,7,15H2,1-6H3. The van der Waals surface area contributed by atoms with E-state index < -0.39 is 0 Å². The third kappa shape index (κ3) is 4.78. The van der Waals surface area contributed by atoms with Crippen LogP contribution in [0.25, 0.3) is 16.6 Å². The fourth-order valence-corrected chi connectivity index (χ4v) is 3.97. The molecule has 0 atom stereocenters. The van der Waals surface area contributed by atoms with Crippen LogP contribution in [0.4, 0.5) is 5.69 Å². The molecule has 0 unspecified atom stereocenters. The van der Waals surface area contributed by atoms with Gasteiger partial charge in [0.25, 0.3) is 5.56 Å². The maximum Gasteiger partial charge on any atom is 0.265 e. The number of carbonyl (C=O) groups is 1. The third-order valence-electron chi connectivity index (χ3n) is 5.47. The maximum absolute atomic E-state index is 13.6. The van der Waals surface area contributed by atoms with E-state index in [1.165, 1.54) is 5.57 Å². The molecule has 1 aromatic heterocycles. The molecule has 1 amide bonds. The van der Waals surface area contributed by atoms with Crippen molar-refractivity contribution in [2.75, 3.05) is 11.4 Å². The van der Waals surface area contributed by atoms with E-state index >= 15 is 0 Å². The number of carbonyl (C=O) groups excluding carboxylic acids is 1. The first-order valence-electron chi connectivity index (χ1n) is 10.9. The minimum atomic E-state index is -0.130. The summed E-state index contributed by atoms with van der Waals surface area (Å²) in [5.41, 5.74) is 4.07. The van der Waals surface area contributed by atoms with E-state index in [1.807, 2.05) is 52.8 Å². The number of nitrogens with zero attached hydrogens (tertiary/aromatic N) is 3. The van der Waals surface area contributed by atoms with E-state index in [1.54, 1.807) is 34.6 Å². The number of allylic oxidation sites excluding steroid dienone is 1. The second-order valence-corrected chi connectivity index (χ2v) is 9.02. The summed E-state index contributed by atoms with van der Waals surface area (Å²) in [7, 11) is 0.